The zero-order chi connectivity index (χ0) is 12.7. The molecule has 1 rings (SSSR count). The van der Waals surface area contributed by atoms with E-state index in [0.717, 1.165) is 12.8 Å². The van der Waals surface area contributed by atoms with Crippen LogP contribution in [0.5, 0.6) is 0 Å². The lowest BCUT2D eigenvalue weighted by Gasteiger charge is -2.26. The molecule has 1 aliphatic rings. The lowest BCUT2D eigenvalue weighted by atomic mass is 9.86. The van der Waals surface area contributed by atoms with Gasteiger partial charge in [0.25, 0.3) is 6.43 Å². The first-order chi connectivity index (χ1) is 8.13. The van der Waals surface area contributed by atoms with E-state index in [2.05, 4.69) is 15.9 Å². The molecule has 0 spiro atoms. The maximum absolute atomic E-state index is 12.3. The smallest absolute Gasteiger partial charge is 0.255 e. The summed E-state index contributed by atoms with van der Waals surface area (Å²) in [4.78, 5) is 13.2. The van der Waals surface area contributed by atoms with E-state index in [1.54, 1.807) is 0 Å². The third kappa shape index (κ3) is 5.80. The van der Waals surface area contributed by atoms with Crippen LogP contribution in [0.25, 0.3) is 0 Å². The predicted octanol–water partition coefficient (Wildman–Crippen LogP) is 3.45. The zero-order valence-electron chi connectivity index (χ0n) is 10.0. The van der Waals surface area contributed by atoms with E-state index < -0.39 is 13.0 Å². The molecule has 17 heavy (non-hydrogen) atoms. The second kappa shape index (κ2) is 8.01. The van der Waals surface area contributed by atoms with Gasteiger partial charge in [-0.15, -0.1) is 0 Å². The highest BCUT2D eigenvalue weighted by atomic mass is 79.9. The van der Waals surface area contributed by atoms with Crippen molar-refractivity contribution in [2.75, 3.05) is 18.4 Å². The highest BCUT2D eigenvalue weighted by Gasteiger charge is 2.22. The second-order valence-electron chi connectivity index (χ2n) is 4.63. The molecule has 100 valence electrons. The van der Waals surface area contributed by atoms with E-state index in [9.17, 15) is 13.6 Å². The van der Waals surface area contributed by atoms with Crippen molar-refractivity contribution in [3.63, 3.8) is 0 Å². The number of alkyl halides is 3. The Morgan fingerprint density at radius 3 is 2.47 bits per heavy atom. The molecule has 1 aliphatic carbocycles. The first-order valence-corrected chi connectivity index (χ1v) is 7.37. The third-order valence-corrected chi connectivity index (χ3v) is 3.61. The fourth-order valence-electron chi connectivity index (χ4n) is 2.35. The molecule has 0 aliphatic heterocycles. The molecule has 0 heterocycles. The number of amides is 1. The molecule has 0 N–H and O–H groups in total. The molecule has 0 aromatic rings. The van der Waals surface area contributed by atoms with E-state index in [1.165, 1.54) is 24.2 Å². The number of nitrogens with zero attached hydrogens (tertiary/aromatic N) is 1. The Morgan fingerprint density at radius 2 is 1.94 bits per heavy atom. The van der Waals surface area contributed by atoms with Crippen LogP contribution in [0.3, 0.4) is 0 Å². The highest BCUT2D eigenvalue weighted by molar-refractivity contribution is 9.09. The summed E-state index contributed by atoms with van der Waals surface area (Å²) in [6, 6.07) is 0. The Labute approximate surface area is 110 Å². The third-order valence-electron chi connectivity index (χ3n) is 3.25. The van der Waals surface area contributed by atoms with Crippen LogP contribution in [0, 0.1) is 5.92 Å². The minimum atomic E-state index is -2.44. The van der Waals surface area contributed by atoms with Gasteiger partial charge in [-0.1, -0.05) is 35.2 Å². The van der Waals surface area contributed by atoms with Gasteiger partial charge in [0.1, 0.15) is 0 Å². The van der Waals surface area contributed by atoms with Crippen LogP contribution in [0.2, 0.25) is 0 Å². The lowest BCUT2D eigenvalue weighted by molar-refractivity contribution is -0.134. The monoisotopic (exact) mass is 311 g/mol. The Balaban J connectivity index is 2.39. The number of hydrogen-bond donors (Lipinski definition) is 0. The number of halogens is 3. The van der Waals surface area contributed by atoms with Gasteiger partial charge < -0.3 is 4.90 Å². The summed E-state index contributed by atoms with van der Waals surface area (Å²) >= 11 is 3.19. The number of carbonyl (C=O) groups is 1. The summed E-state index contributed by atoms with van der Waals surface area (Å²) in [5.74, 6) is 0.295. The molecule has 1 saturated carbocycles. The van der Waals surface area contributed by atoms with Crippen LogP contribution in [0.15, 0.2) is 0 Å². The van der Waals surface area contributed by atoms with Crippen molar-refractivity contribution in [3.8, 4) is 0 Å². The van der Waals surface area contributed by atoms with Crippen molar-refractivity contribution in [3.05, 3.63) is 0 Å². The average Bonchev–Trinajstić information content (AvgIpc) is 2.29. The number of carbonyl (C=O) groups excluding carboxylic acids is 1. The maximum Gasteiger partial charge on any atom is 0.255 e. The molecule has 5 heteroatoms. The van der Waals surface area contributed by atoms with Gasteiger partial charge in [-0.05, 0) is 18.8 Å². The minimum absolute atomic E-state index is 0.114. The van der Waals surface area contributed by atoms with Crippen LogP contribution >= 0.6 is 15.9 Å². The van der Waals surface area contributed by atoms with Crippen LogP contribution in [-0.4, -0.2) is 35.7 Å². The van der Waals surface area contributed by atoms with Gasteiger partial charge in [0.15, 0.2) is 0 Å². The number of rotatable bonds is 6. The van der Waals surface area contributed by atoms with Gasteiger partial charge in [0.2, 0.25) is 5.91 Å². The van der Waals surface area contributed by atoms with E-state index in [4.69, 9.17) is 0 Å². The highest BCUT2D eigenvalue weighted by Crippen LogP contribution is 2.26. The lowest BCUT2D eigenvalue weighted by Crippen LogP contribution is -2.37. The molecule has 1 amide bonds. The topological polar surface area (TPSA) is 20.3 Å². The van der Waals surface area contributed by atoms with Crippen LogP contribution in [0.1, 0.15) is 38.5 Å². The molecule has 0 unspecified atom stereocenters. The molecular weight excluding hydrogens is 292 g/mol. The normalized spacial score (nSPS) is 17.4. The molecule has 0 aromatic heterocycles. The Kier molecular flexibility index (Phi) is 7.00. The fourth-order valence-corrected chi connectivity index (χ4v) is 2.78. The maximum atomic E-state index is 12.3. The molecular formula is C12H20BrF2NO. The summed E-state index contributed by atoms with van der Waals surface area (Å²) in [7, 11) is 0. The Morgan fingerprint density at radius 1 is 1.29 bits per heavy atom. The molecule has 0 bridgehead atoms. The first kappa shape index (κ1) is 14.9. The average molecular weight is 312 g/mol. The summed E-state index contributed by atoms with van der Waals surface area (Å²) in [6.07, 6.45) is 3.73. The van der Waals surface area contributed by atoms with Gasteiger partial charge in [0.05, 0.1) is 6.54 Å². The Hall–Kier alpha value is -0.190. The second-order valence-corrected chi connectivity index (χ2v) is 5.42. The summed E-state index contributed by atoms with van der Waals surface area (Å²) in [6.45, 7) is -0.0625. The summed E-state index contributed by atoms with van der Waals surface area (Å²) < 4.78 is 24.7. The van der Waals surface area contributed by atoms with Crippen molar-refractivity contribution in [2.45, 2.75) is 45.0 Å². The molecule has 0 saturated heterocycles. The van der Waals surface area contributed by atoms with Crippen molar-refractivity contribution in [1.29, 1.82) is 0 Å². The van der Waals surface area contributed by atoms with E-state index in [0.29, 0.717) is 24.2 Å². The summed E-state index contributed by atoms with van der Waals surface area (Å²) in [5.41, 5.74) is 0. The van der Waals surface area contributed by atoms with Gasteiger partial charge in [-0.2, -0.15) is 0 Å². The van der Waals surface area contributed by atoms with Gasteiger partial charge >= 0.3 is 0 Å². The molecule has 0 aromatic carbocycles. The van der Waals surface area contributed by atoms with E-state index in [-0.39, 0.29) is 5.91 Å². The fraction of sp³-hybridized carbons (Fsp3) is 0.917. The Bertz CT molecular complexity index is 233. The van der Waals surface area contributed by atoms with Crippen LogP contribution < -0.4 is 0 Å². The minimum Gasteiger partial charge on any atom is -0.336 e. The number of hydrogen-bond acceptors (Lipinski definition) is 1. The predicted molar refractivity (Wildman–Crippen MR) is 67.6 cm³/mol. The zero-order valence-corrected chi connectivity index (χ0v) is 11.6. The van der Waals surface area contributed by atoms with E-state index >= 15 is 0 Å². The van der Waals surface area contributed by atoms with Gasteiger partial charge in [0, 0.05) is 18.3 Å². The SMILES string of the molecule is O=C(CC1CCCCC1)N(CCBr)CC(F)F. The van der Waals surface area contributed by atoms with Gasteiger partial charge in [-0.3, -0.25) is 4.79 Å². The molecule has 1 fully saturated rings. The first-order valence-electron chi connectivity index (χ1n) is 6.25. The molecule has 0 atom stereocenters. The van der Waals surface area contributed by atoms with Crippen molar-refractivity contribution in [2.24, 2.45) is 5.92 Å². The van der Waals surface area contributed by atoms with Crippen LogP contribution in [0.4, 0.5) is 8.78 Å². The van der Waals surface area contributed by atoms with Crippen molar-refractivity contribution in [1.82, 2.24) is 4.90 Å². The van der Waals surface area contributed by atoms with E-state index in [1.807, 2.05) is 0 Å². The summed E-state index contributed by atoms with van der Waals surface area (Å²) in [5, 5.41) is 0.552. The molecule has 0 radical (unpaired) electrons. The standard InChI is InChI=1S/C12H20BrF2NO/c13-6-7-16(9-11(14)15)12(17)8-10-4-2-1-3-5-10/h10-11H,1-9H2. The van der Waals surface area contributed by atoms with Crippen molar-refractivity contribution < 1.29 is 13.6 Å². The quantitative estimate of drug-likeness (QED) is 0.688. The van der Waals surface area contributed by atoms with Crippen LogP contribution in [-0.2, 0) is 4.79 Å². The largest absolute Gasteiger partial charge is 0.336 e. The van der Waals surface area contributed by atoms with Crippen molar-refractivity contribution >= 4 is 21.8 Å². The van der Waals surface area contributed by atoms with Gasteiger partial charge in [-0.25, -0.2) is 8.78 Å². The molecule has 2 nitrogen and oxygen atoms in total.